The number of fused-ring (bicyclic) bond motifs is 7. The smallest absolute Gasteiger partial charge is 0.251 e. The second-order valence-corrected chi connectivity index (χ2v) is 18.3. The molecule has 4 saturated carbocycles. The molecule has 0 aliphatic heterocycles. The molecule has 9 atom stereocenters. The molecule has 41 heavy (non-hydrogen) atoms. The molecular weight excluding hydrogens is 536 g/mol. The number of amides is 1. The van der Waals surface area contributed by atoms with Crippen LogP contribution in [0.25, 0.3) is 0 Å². The maximum Gasteiger partial charge on any atom is 0.251 e. The van der Waals surface area contributed by atoms with E-state index in [0.717, 1.165) is 57.8 Å². The molecule has 1 unspecified atom stereocenters. The van der Waals surface area contributed by atoms with E-state index < -0.39 is 15.4 Å². The minimum Gasteiger partial charge on any atom is -0.295 e. The molecule has 5 aliphatic carbocycles. The van der Waals surface area contributed by atoms with Crippen LogP contribution >= 0.6 is 0 Å². The first-order chi connectivity index (χ1) is 18.7. The third-order valence-corrected chi connectivity index (χ3v) is 14.8. The van der Waals surface area contributed by atoms with Crippen molar-refractivity contribution in [1.29, 1.82) is 0 Å². The summed E-state index contributed by atoms with van der Waals surface area (Å²) in [5.41, 5.74) is 0.0911. The zero-order valence-corrected chi connectivity index (χ0v) is 28.0. The Kier molecular flexibility index (Phi) is 7.13. The average molecular weight is 591 g/mol. The number of hydroxylamine groups is 2. The highest BCUT2D eigenvalue weighted by Gasteiger charge is 2.70. The van der Waals surface area contributed by atoms with Crippen LogP contribution in [0.15, 0.2) is 11.6 Å². The van der Waals surface area contributed by atoms with Crippen LogP contribution in [0.1, 0.15) is 106 Å². The van der Waals surface area contributed by atoms with Crippen molar-refractivity contribution in [3.63, 3.8) is 0 Å². The zero-order valence-electron chi connectivity index (χ0n) is 27.1. The molecule has 0 radical (unpaired) electrons. The molecule has 0 aromatic heterocycles. The molecule has 4 fully saturated rings. The minimum absolute atomic E-state index is 0.0239. The number of hydrogen-bond acceptors (Lipinski definition) is 5. The summed E-state index contributed by atoms with van der Waals surface area (Å²) in [6.07, 6.45) is 11.6. The number of nitrogens with zero attached hydrogens (tertiary/aromatic N) is 1. The quantitative estimate of drug-likeness (QED) is 0.411. The van der Waals surface area contributed by atoms with E-state index in [1.54, 1.807) is 7.05 Å². The predicted octanol–water partition coefficient (Wildman–Crippen LogP) is 5.90. The van der Waals surface area contributed by atoms with Crippen LogP contribution in [0.3, 0.4) is 0 Å². The molecule has 232 valence electrons. The second-order valence-electron chi connectivity index (χ2n) is 16.5. The number of carbonyl (C=O) groups excluding carboxylic acids is 2. The van der Waals surface area contributed by atoms with Crippen molar-refractivity contribution in [3.05, 3.63) is 11.6 Å². The third kappa shape index (κ3) is 4.34. The highest BCUT2D eigenvalue weighted by molar-refractivity contribution is 7.88. The van der Waals surface area contributed by atoms with Crippen molar-refractivity contribution in [2.24, 2.45) is 50.2 Å². The Labute approximate surface area is 248 Å². The van der Waals surface area contributed by atoms with Gasteiger partial charge in [-0.05, 0) is 103 Å². The lowest BCUT2D eigenvalue weighted by Crippen LogP contribution is -2.67. The molecule has 0 aromatic rings. The maximum absolute atomic E-state index is 14.6. The highest BCUT2D eigenvalue weighted by Crippen LogP contribution is 2.75. The molecule has 0 aromatic carbocycles. The molecule has 0 spiro atoms. The number of hydrogen-bond donors (Lipinski definition) is 1. The average Bonchev–Trinajstić information content (AvgIpc) is 2.86. The summed E-state index contributed by atoms with van der Waals surface area (Å²) in [5, 5.41) is 1.38. The van der Waals surface area contributed by atoms with Crippen molar-refractivity contribution in [2.45, 2.75) is 112 Å². The Hall–Kier alpha value is -1.25. The van der Waals surface area contributed by atoms with Gasteiger partial charge in [-0.15, -0.1) is 0 Å². The van der Waals surface area contributed by atoms with Gasteiger partial charge in [0.2, 0.25) is 10.0 Å². The number of sulfonamides is 1. The van der Waals surface area contributed by atoms with Gasteiger partial charge in [-0.3, -0.25) is 14.4 Å². The van der Waals surface area contributed by atoms with Gasteiger partial charge in [-0.25, -0.2) is 18.2 Å². The lowest BCUT2D eigenvalue weighted by molar-refractivity contribution is -0.192. The Morgan fingerprint density at radius 2 is 1.61 bits per heavy atom. The highest BCUT2D eigenvalue weighted by atomic mass is 32.2. The lowest BCUT2D eigenvalue weighted by atomic mass is 9.33. The third-order valence-electron chi connectivity index (χ3n) is 14.0. The molecule has 1 N–H and O–H groups in total. The van der Waals surface area contributed by atoms with E-state index in [2.05, 4.69) is 53.2 Å². The summed E-state index contributed by atoms with van der Waals surface area (Å²) < 4.78 is 27.4. The molecule has 5 aliphatic rings. The van der Waals surface area contributed by atoms with Gasteiger partial charge in [-0.1, -0.05) is 54.0 Å². The summed E-state index contributed by atoms with van der Waals surface area (Å²) >= 11 is 0. The monoisotopic (exact) mass is 590 g/mol. The maximum atomic E-state index is 14.6. The molecular formula is C33H54N2O5S. The summed E-state index contributed by atoms with van der Waals surface area (Å²) in [5.74, 6) is 0.622. The van der Waals surface area contributed by atoms with Crippen molar-refractivity contribution in [3.8, 4) is 0 Å². The van der Waals surface area contributed by atoms with Gasteiger partial charge in [0.25, 0.3) is 5.91 Å². The van der Waals surface area contributed by atoms with Crippen LogP contribution in [0.2, 0.25) is 0 Å². The van der Waals surface area contributed by atoms with Gasteiger partial charge in [-0.2, -0.15) is 0 Å². The van der Waals surface area contributed by atoms with Crippen LogP contribution in [0.5, 0.6) is 0 Å². The summed E-state index contributed by atoms with van der Waals surface area (Å²) in [4.78, 5) is 33.3. The Bertz CT molecular complexity index is 1280. The molecule has 5 rings (SSSR count). The van der Waals surface area contributed by atoms with E-state index in [9.17, 15) is 18.0 Å². The van der Waals surface area contributed by atoms with E-state index in [1.807, 2.05) is 6.08 Å². The topological polar surface area (TPSA) is 92.8 Å². The molecule has 0 saturated heterocycles. The van der Waals surface area contributed by atoms with Crippen LogP contribution < -0.4 is 4.72 Å². The number of nitrogens with one attached hydrogen (secondary N) is 1. The van der Waals surface area contributed by atoms with Crippen molar-refractivity contribution >= 4 is 21.7 Å². The molecule has 7 nitrogen and oxygen atoms in total. The van der Waals surface area contributed by atoms with Crippen molar-refractivity contribution in [2.75, 3.05) is 20.4 Å². The van der Waals surface area contributed by atoms with E-state index in [4.69, 9.17) is 4.84 Å². The van der Waals surface area contributed by atoms with E-state index in [1.165, 1.54) is 24.0 Å². The first-order valence-electron chi connectivity index (χ1n) is 15.7. The number of rotatable bonds is 4. The van der Waals surface area contributed by atoms with Gasteiger partial charge >= 0.3 is 0 Å². The fourth-order valence-electron chi connectivity index (χ4n) is 11.3. The summed E-state index contributed by atoms with van der Waals surface area (Å²) in [6.45, 7) is 16.0. The summed E-state index contributed by atoms with van der Waals surface area (Å²) in [7, 11) is -0.0892. The first-order valence-corrected chi connectivity index (χ1v) is 17.6. The van der Waals surface area contributed by atoms with E-state index in [-0.39, 0.29) is 62.6 Å². The molecule has 0 bridgehead atoms. The fraction of sp³-hybridized carbons (Fsp3) is 0.879. The zero-order chi connectivity index (χ0) is 30.6. The van der Waals surface area contributed by atoms with Crippen LogP contribution in [0, 0.1) is 50.2 Å². The molecule has 1 amide bonds. The minimum atomic E-state index is -3.33. The van der Waals surface area contributed by atoms with Crippen LogP contribution in [-0.4, -0.2) is 51.6 Å². The lowest BCUT2D eigenvalue weighted by Gasteiger charge is -2.70. The van der Waals surface area contributed by atoms with Gasteiger partial charge in [0.15, 0.2) is 5.78 Å². The van der Waals surface area contributed by atoms with Crippen LogP contribution in [0.4, 0.5) is 0 Å². The first kappa shape index (κ1) is 31.2. The van der Waals surface area contributed by atoms with Crippen molar-refractivity contribution < 1.29 is 22.8 Å². The number of ketones is 1. The molecule has 0 heterocycles. The largest absolute Gasteiger partial charge is 0.295 e. The summed E-state index contributed by atoms with van der Waals surface area (Å²) in [6, 6.07) is -0.126. The van der Waals surface area contributed by atoms with E-state index >= 15 is 0 Å². The van der Waals surface area contributed by atoms with Gasteiger partial charge in [0.05, 0.1) is 13.4 Å². The normalized spacial score (nSPS) is 47.3. The number of allylic oxidation sites excluding steroid dienone is 2. The fourth-order valence-corrected chi connectivity index (χ4v) is 12.3. The molecule has 8 heteroatoms. The number of carbonyl (C=O) groups is 2. The van der Waals surface area contributed by atoms with Gasteiger partial charge in [0, 0.05) is 24.4 Å². The van der Waals surface area contributed by atoms with Crippen LogP contribution in [-0.2, 0) is 24.4 Å². The SMILES string of the molecule is CON(C)C(=O)[C@@]1(C)CC[C@]2(C)CC[C@]3(C)C(=CC(=O)[C@@H]4[C@@]5(C)CC[C@H](NS(C)(=O)=O)C(C)(C)C5CC[C@]43C)[C@@H]2C1. The van der Waals surface area contributed by atoms with E-state index in [0.29, 0.717) is 0 Å². The van der Waals surface area contributed by atoms with Gasteiger partial charge in [0.1, 0.15) is 0 Å². The van der Waals surface area contributed by atoms with Crippen molar-refractivity contribution in [1.82, 2.24) is 9.79 Å². The second kappa shape index (κ2) is 9.37. The standard InChI is InChI=1S/C33H54N2O5S/c1-28(2)24-11-14-33(7)26(31(24,5)13-12-25(28)34-41(10,38)39)23(36)19-21-22-20-30(4,27(37)35(8)40-9)16-15-29(22,3)17-18-32(21,33)6/h19,22,24-26,34H,11-18,20H2,1-10H3/t22-,24?,25-,26+,29+,30-,31-,32+,33+/m0/s1. The van der Waals surface area contributed by atoms with Gasteiger partial charge < -0.3 is 0 Å². The predicted molar refractivity (Wildman–Crippen MR) is 161 cm³/mol. The Balaban J connectivity index is 1.55. The Morgan fingerprint density at radius 1 is 0.976 bits per heavy atom. The Morgan fingerprint density at radius 3 is 2.22 bits per heavy atom.